The molecule has 1 aliphatic rings. The Morgan fingerprint density at radius 3 is 2.95 bits per heavy atom. The zero-order valence-electron chi connectivity index (χ0n) is 10.6. The number of carbonyl (C=O) groups excluding carboxylic acids is 1. The van der Waals surface area contributed by atoms with Crippen molar-refractivity contribution in [1.82, 2.24) is 5.32 Å². The highest BCUT2D eigenvalue weighted by Crippen LogP contribution is 2.26. The first-order valence-corrected chi connectivity index (χ1v) is 6.58. The number of hydrogen-bond acceptors (Lipinski definition) is 3. The Balaban J connectivity index is 1.99. The first kappa shape index (κ1) is 14.7. The monoisotopic (exact) mass is 300 g/mol. The van der Waals surface area contributed by atoms with Crippen molar-refractivity contribution in [3.8, 4) is 0 Å². The van der Waals surface area contributed by atoms with E-state index in [2.05, 4.69) is 5.32 Å². The molecule has 1 unspecified atom stereocenters. The Kier molecular flexibility index (Phi) is 4.57. The van der Waals surface area contributed by atoms with E-state index >= 15 is 0 Å². The van der Waals surface area contributed by atoms with Crippen molar-refractivity contribution in [2.75, 3.05) is 18.0 Å². The van der Waals surface area contributed by atoms with E-state index in [9.17, 15) is 14.0 Å². The van der Waals surface area contributed by atoms with Gasteiger partial charge in [0.1, 0.15) is 5.82 Å². The number of halogens is 2. The second-order valence-corrected chi connectivity index (χ2v) is 4.93. The maximum atomic E-state index is 13.1. The normalized spacial score (nSPS) is 18.6. The molecule has 1 aliphatic heterocycles. The molecule has 5 nitrogen and oxygen atoms in total. The Morgan fingerprint density at radius 1 is 1.55 bits per heavy atom. The van der Waals surface area contributed by atoms with Gasteiger partial charge in [-0.2, -0.15) is 0 Å². The van der Waals surface area contributed by atoms with Gasteiger partial charge in [-0.15, -0.1) is 0 Å². The van der Waals surface area contributed by atoms with Crippen LogP contribution in [0.15, 0.2) is 18.2 Å². The molecule has 0 radical (unpaired) electrons. The number of nitrogens with one attached hydrogen (secondary N) is 1. The molecule has 108 valence electrons. The molecule has 0 saturated carbocycles. The van der Waals surface area contributed by atoms with Crippen molar-refractivity contribution in [3.63, 3.8) is 0 Å². The van der Waals surface area contributed by atoms with Crippen LogP contribution in [0, 0.1) is 5.82 Å². The number of rotatable bonds is 5. The van der Waals surface area contributed by atoms with Gasteiger partial charge >= 0.3 is 5.97 Å². The van der Waals surface area contributed by atoms with Gasteiger partial charge in [-0.1, -0.05) is 11.6 Å². The predicted octanol–water partition coefficient (Wildman–Crippen LogP) is 1.65. The first-order valence-electron chi connectivity index (χ1n) is 6.20. The molecule has 7 heteroatoms. The summed E-state index contributed by atoms with van der Waals surface area (Å²) in [4.78, 5) is 24.1. The van der Waals surface area contributed by atoms with E-state index in [0.29, 0.717) is 18.7 Å². The van der Waals surface area contributed by atoms with Crippen molar-refractivity contribution in [2.24, 2.45) is 0 Å². The fourth-order valence-corrected chi connectivity index (χ4v) is 2.31. The average molecular weight is 301 g/mol. The van der Waals surface area contributed by atoms with Crippen LogP contribution in [0.3, 0.4) is 0 Å². The lowest BCUT2D eigenvalue weighted by atomic mass is 10.2. The van der Waals surface area contributed by atoms with Crippen molar-refractivity contribution in [3.05, 3.63) is 29.0 Å². The van der Waals surface area contributed by atoms with E-state index in [1.165, 1.54) is 23.1 Å². The van der Waals surface area contributed by atoms with E-state index in [1.807, 2.05) is 0 Å². The highest BCUT2D eigenvalue weighted by atomic mass is 35.5. The minimum atomic E-state index is -0.912. The number of benzene rings is 1. The lowest BCUT2D eigenvalue weighted by Crippen LogP contribution is -2.39. The number of carbonyl (C=O) groups is 2. The van der Waals surface area contributed by atoms with Crippen LogP contribution in [0.1, 0.15) is 12.8 Å². The summed E-state index contributed by atoms with van der Waals surface area (Å²) in [5, 5.41) is 11.4. The highest BCUT2D eigenvalue weighted by Gasteiger charge is 2.32. The number of anilines is 1. The van der Waals surface area contributed by atoms with Gasteiger partial charge in [-0.25, -0.2) is 4.39 Å². The SMILES string of the molecule is O=C(O)CCNC1CCN(c2ccc(F)c(Cl)c2)C1=O. The van der Waals surface area contributed by atoms with Crippen LogP contribution in [-0.4, -0.2) is 36.1 Å². The molecular weight excluding hydrogens is 287 g/mol. The summed E-state index contributed by atoms with van der Waals surface area (Å²) in [7, 11) is 0. The van der Waals surface area contributed by atoms with Gasteiger partial charge in [0.2, 0.25) is 5.91 Å². The summed E-state index contributed by atoms with van der Waals surface area (Å²) < 4.78 is 13.1. The van der Waals surface area contributed by atoms with Crippen LogP contribution < -0.4 is 10.2 Å². The Bertz CT molecular complexity index is 538. The van der Waals surface area contributed by atoms with E-state index < -0.39 is 17.8 Å². The van der Waals surface area contributed by atoms with E-state index in [1.54, 1.807) is 0 Å². The summed E-state index contributed by atoms with van der Waals surface area (Å²) in [6, 6.07) is 3.72. The van der Waals surface area contributed by atoms with Crippen molar-refractivity contribution >= 4 is 29.2 Å². The molecule has 1 heterocycles. The predicted molar refractivity (Wildman–Crippen MR) is 72.4 cm³/mol. The van der Waals surface area contributed by atoms with Crippen LogP contribution in [0.25, 0.3) is 0 Å². The van der Waals surface area contributed by atoms with Crippen LogP contribution in [0.2, 0.25) is 5.02 Å². The topological polar surface area (TPSA) is 69.6 Å². The maximum Gasteiger partial charge on any atom is 0.304 e. The fourth-order valence-electron chi connectivity index (χ4n) is 2.13. The van der Waals surface area contributed by atoms with Gasteiger partial charge in [0, 0.05) is 18.8 Å². The van der Waals surface area contributed by atoms with Gasteiger partial charge < -0.3 is 15.3 Å². The lowest BCUT2D eigenvalue weighted by molar-refractivity contribution is -0.137. The van der Waals surface area contributed by atoms with Crippen LogP contribution in [0.4, 0.5) is 10.1 Å². The Labute approximate surface area is 120 Å². The molecule has 1 fully saturated rings. The molecule has 0 spiro atoms. The van der Waals surface area contributed by atoms with Crippen molar-refractivity contribution in [1.29, 1.82) is 0 Å². The largest absolute Gasteiger partial charge is 0.481 e. The van der Waals surface area contributed by atoms with Gasteiger partial charge in [-0.3, -0.25) is 9.59 Å². The Hall–Kier alpha value is -1.66. The van der Waals surface area contributed by atoms with Crippen LogP contribution in [-0.2, 0) is 9.59 Å². The second kappa shape index (κ2) is 6.19. The average Bonchev–Trinajstić information content (AvgIpc) is 2.74. The number of carboxylic acid groups (broad SMARTS) is 1. The zero-order valence-corrected chi connectivity index (χ0v) is 11.4. The fraction of sp³-hybridized carbons (Fsp3) is 0.385. The molecule has 1 aromatic rings. The van der Waals surface area contributed by atoms with Crippen molar-refractivity contribution in [2.45, 2.75) is 18.9 Å². The molecule has 1 aromatic carbocycles. The summed E-state index contributed by atoms with van der Waals surface area (Å²) in [5.41, 5.74) is 0.545. The number of amides is 1. The van der Waals surface area contributed by atoms with Gasteiger partial charge in [-0.05, 0) is 24.6 Å². The number of nitrogens with zero attached hydrogens (tertiary/aromatic N) is 1. The van der Waals surface area contributed by atoms with Crippen molar-refractivity contribution < 1.29 is 19.1 Å². The standard InChI is InChI=1S/C13H14ClFN2O3/c14-9-7-8(1-2-10(9)15)17-6-4-11(13(17)20)16-5-3-12(18)19/h1-2,7,11,16H,3-6H2,(H,18,19). The van der Waals surface area contributed by atoms with E-state index in [0.717, 1.165) is 0 Å². The molecule has 2 N–H and O–H groups in total. The highest BCUT2D eigenvalue weighted by molar-refractivity contribution is 6.31. The molecular formula is C13H14ClFN2O3. The third kappa shape index (κ3) is 3.26. The molecule has 1 atom stereocenters. The third-order valence-corrected chi connectivity index (χ3v) is 3.44. The third-order valence-electron chi connectivity index (χ3n) is 3.15. The van der Waals surface area contributed by atoms with Gasteiger partial charge in [0.25, 0.3) is 0 Å². The molecule has 0 aliphatic carbocycles. The molecule has 0 aromatic heterocycles. The minimum absolute atomic E-state index is 0.0300. The first-order chi connectivity index (χ1) is 9.49. The summed E-state index contributed by atoms with van der Waals surface area (Å²) in [5.74, 6) is -1.60. The summed E-state index contributed by atoms with van der Waals surface area (Å²) >= 11 is 5.70. The molecule has 0 bridgehead atoms. The number of hydrogen-bond donors (Lipinski definition) is 2. The zero-order chi connectivity index (χ0) is 14.7. The van der Waals surface area contributed by atoms with Gasteiger partial charge in [0.15, 0.2) is 0 Å². The Morgan fingerprint density at radius 2 is 2.30 bits per heavy atom. The number of aliphatic carboxylic acids is 1. The van der Waals surface area contributed by atoms with Crippen LogP contribution >= 0.6 is 11.6 Å². The second-order valence-electron chi connectivity index (χ2n) is 4.53. The van der Waals surface area contributed by atoms with Crippen LogP contribution in [0.5, 0.6) is 0 Å². The van der Waals surface area contributed by atoms with E-state index in [4.69, 9.17) is 16.7 Å². The quantitative estimate of drug-likeness (QED) is 0.867. The molecule has 20 heavy (non-hydrogen) atoms. The molecule has 1 saturated heterocycles. The lowest BCUT2D eigenvalue weighted by Gasteiger charge is -2.17. The summed E-state index contributed by atoms with van der Waals surface area (Å²) in [6.45, 7) is 0.731. The molecule has 2 rings (SSSR count). The minimum Gasteiger partial charge on any atom is -0.481 e. The maximum absolute atomic E-state index is 13.1. The smallest absolute Gasteiger partial charge is 0.304 e. The van der Waals surface area contributed by atoms with E-state index in [-0.39, 0.29) is 23.9 Å². The number of carboxylic acids is 1. The molecule has 1 amide bonds. The summed E-state index contributed by atoms with van der Waals surface area (Å²) in [6.07, 6.45) is 0.541. The van der Waals surface area contributed by atoms with Gasteiger partial charge in [0.05, 0.1) is 17.5 Å².